The van der Waals surface area contributed by atoms with Crippen molar-refractivity contribution in [2.45, 2.75) is 20.3 Å². The van der Waals surface area contributed by atoms with E-state index < -0.39 is 26.4 Å². The molecule has 0 saturated carbocycles. The second-order valence-electron chi connectivity index (χ2n) is 3.01. The van der Waals surface area contributed by atoms with Crippen LogP contribution in [0.3, 0.4) is 0 Å². The maximum absolute atomic E-state index is 12.0. The van der Waals surface area contributed by atoms with Gasteiger partial charge in [0.1, 0.15) is 0 Å². The molecule has 0 aromatic rings. The van der Waals surface area contributed by atoms with Gasteiger partial charge in [0.05, 0.1) is 6.61 Å². The van der Waals surface area contributed by atoms with Crippen molar-refractivity contribution < 1.29 is 27.0 Å². The van der Waals surface area contributed by atoms with Crippen LogP contribution in [0.1, 0.15) is 13.8 Å². The second kappa shape index (κ2) is 3.77. The predicted molar refractivity (Wildman–Crippen MR) is 36.7 cm³/mol. The fourth-order valence-electron chi connectivity index (χ4n) is 0.309. The van der Waals surface area contributed by atoms with E-state index in [1.165, 1.54) is 0 Å². The van der Waals surface area contributed by atoms with Crippen molar-refractivity contribution in [2.24, 2.45) is 5.41 Å². The zero-order valence-electron chi connectivity index (χ0n) is 6.63. The first-order valence-electron chi connectivity index (χ1n) is 3.10. The van der Waals surface area contributed by atoms with Crippen LogP contribution in [0.25, 0.3) is 0 Å². The Morgan fingerprint density at radius 2 is 2.00 bits per heavy atom. The summed E-state index contributed by atoms with van der Waals surface area (Å²) in [6.07, 6.45) is -2.73. The molecule has 1 N–H and O–H groups in total. The molecule has 0 radical (unpaired) electrons. The lowest BCUT2D eigenvalue weighted by atomic mass is 9.96. The van der Waals surface area contributed by atoms with Crippen LogP contribution >= 0.6 is 7.91 Å². The van der Waals surface area contributed by atoms with Gasteiger partial charge in [0, 0.05) is 5.41 Å². The Balaban J connectivity index is 4.01. The topological polar surface area (TPSA) is 46.5 Å². The Bertz CT molecular complexity index is 188. The molecule has 0 amide bonds. The molecule has 0 aliphatic rings. The van der Waals surface area contributed by atoms with Gasteiger partial charge in [-0.15, -0.1) is 4.20 Å². The van der Waals surface area contributed by atoms with Crippen molar-refractivity contribution in [3.05, 3.63) is 0 Å². The smallest absolute Gasteiger partial charge is 0.299 e. The van der Waals surface area contributed by atoms with E-state index in [4.69, 9.17) is 4.89 Å². The number of halogens is 3. The van der Waals surface area contributed by atoms with Gasteiger partial charge in [0.2, 0.25) is 6.43 Å². The molecular formula is C5H10F3O3P. The van der Waals surface area contributed by atoms with Gasteiger partial charge < -0.3 is 0 Å². The Kier molecular flexibility index (Phi) is 3.75. The molecule has 0 heterocycles. The van der Waals surface area contributed by atoms with E-state index in [1.54, 1.807) is 0 Å². The number of hydrogen-bond donors (Lipinski definition) is 1. The monoisotopic (exact) mass is 206 g/mol. The van der Waals surface area contributed by atoms with Crippen LogP contribution in [0, 0.1) is 5.41 Å². The summed E-state index contributed by atoms with van der Waals surface area (Å²) in [5.41, 5.74) is -1.62. The molecule has 0 fully saturated rings. The van der Waals surface area contributed by atoms with E-state index in [1.807, 2.05) is 0 Å². The van der Waals surface area contributed by atoms with E-state index in [2.05, 4.69) is 4.52 Å². The molecule has 0 aromatic heterocycles. The molecule has 12 heavy (non-hydrogen) atoms. The molecule has 0 rings (SSSR count). The zero-order chi connectivity index (χ0) is 9.99. The third-order valence-corrected chi connectivity index (χ3v) is 1.63. The minimum Gasteiger partial charge on any atom is -0.299 e. The first-order chi connectivity index (χ1) is 5.15. The molecular weight excluding hydrogens is 196 g/mol. The van der Waals surface area contributed by atoms with Crippen LogP contribution in [-0.4, -0.2) is 17.9 Å². The van der Waals surface area contributed by atoms with Crippen molar-refractivity contribution in [3.8, 4) is 0 Å². The number of hydrogen-bond acceptors (Lipinski definition) is 2. The fourth-order valence-corrected chi connectivity index (χ4v) is 0.801. The van der Waals surface area contributed by atoms with E-state index in [0.29, 0.717) is 0 Å². The standard InChI is InChI=1S/C5H10F3O3P/c1-5(2,4(6)7)3-11-12(8,9)10/h4H,3H2,1-2H3,(H,9,10). The molecule has 0 aromatic carbocycles. The number of alkyl halides is 2. The van der Waals surface area contributed by atoms with Gasteiger partial charge in [-0.25, -0.2) is 13.3 Å². The summed E-state index contributed by atoms with van der Waals surface area (Å²) in [5.74, 6) is 0. The molecule has 74 valence electrons. The lowest BCUT2D eigenvalue weighted by Crippen LogP contribution is -2.27. The Morgan fingerprint density at radius 1 is 1.58 bits per heavy atom. The Hall–Kier alpha value is -0.0600. The summed E-state index contributed by atoms with van der Waals surface area (Å²) in [7, 11) is -5.14. The van der Waals surface area contributed by atoms with Crippen molar-refractivity contribution in [1.29, 1.82) is 0 Å². The van der Waals surface area contributed by atoms with E-state index in [-0.39, 0.29) is 0 Å². The third-order valence-electron chi connectivity index (χ3n) is 1.19. The largest absolute Gasteiger partial charge is 0.510 e. The highest BCUT2D eigenvalue weighted by molar-refractivity contribution is 7.46. The first-order valence-corrected chi connectivity index (χ1v) is 4.57. The van der Waals surface area contributed by atoms with E-state index >= 15 is 0 Å². The maximum Gasteiger partial charge on any atom is 0.510 e. The van der Waals surface area contributed by atoms with Crippen LogP contribution in [-0.2, 0) is 9.09 Å². The maximum atomic E-state index is 12.0. The lowest BCUT2D eigenvalue weighted by Gasteiger charge is -2.22. The summed E-state index contributed by atoms with van der Waals surface area (Å²) >= 11 is 0. The summed E-state index contributed by atoms with van der Waals surface area (Å²) in [6.45, 7) is 1.41. The Morgan fingerprint density at radius 3 is 2.25 bits per heavy atom. The molecule has 0 saturated heterocycles. The lowest BCUT2D eigenvalue weighted by molar-refractivity contribution is -0.0148. The summed E-state index contributed by atoms with van der Waals surface area (Å²) in [4.78, 5) is 7.98. The molecule has 0 aliphatic heterocycles. The highest BCUT2D eigenvalue weighted by Gasteiger charge is 2.33. The number of rotatable bonds is 4. The van der Waals surface area contributed by atoms with Crippen LogP contribution < -0.4 is 0 Å². The van der Waals surface area contributed by atoms with Gasteiger partial charge in [-0.05, 0) is 0 Å². The van der Waals surface area contributed by atoms with Gasteiger partial charge in [-0.3, -0.25) is 9.42 Å². The van der Waals surface area contributed by atoms with Crippen LogP contribution in [0.5, 0.6) is 0 Å². The minimum absolute atomic E-state index is 0.797. The zero-order valence-corrected chi connectivity index (χ0v) is 7.52. The van der Waals surface area contributed by atoms with Gasteiger partial charge >= 0.3 is 7.91 Å². The average molecular weight is 206 g/mol. The van der Waals surface area contributed by atoms with Gasteiger partial charge in [-0.2, -0.15) is 0 Å². The van der Waals surface area contributed by atoms with Crippen molar-refractivity contribution >= 4 is 7.91 Å². The SMILES string of the molecule is CC(C)(COP(=O)(O)F)C(F)F. The minimum atomic E-state index is -5.14. The van der Waals surface area contributed by atoms with E-state index in [9.17, 15) is 17.5 Å². The Labute approximate surface area is 68.2 Å². The van der Waals surface area contributed by atoms with Crippen molar-refractivity contribution in [1.82, 2.24) is 0 Å². The molecule has 7 heteroatoms. The van der Waals surface area contributed by atoms with E-state index in [0.717, 1.165) is 13.8 Å². The average Bonchev–Trinajstić information content (AvgIpc) is 1.82. The van der Waals surface area contributed by atoms with Crippen molar-refractivity contribution in [2.75, 3.05) is 6.61 Å². The van der Waals surface area contributed by atoms with Gasteiger partial charge in [0.15, 0.2) is 0 Å². The van der Waals surface area contributed by atoms with Crippen LogP contribution in [0.2, 0.25) is 0 Å². The predicted octanol–water partition coefficient (Wildman–Crippen LogP) is 2.36. The first kappa shape index (κ1) is 11.9. The highest BCUT2D eigenvalue weighted by Crippen LogP contribution is 2.45. The summed E-state index contributed by atoms with van der Waals surface area (Å²) < 4.78 is 49.5. The molecule has 0 aliphatic carbocycles. The summed E-state index contributed by atoms with van der Waals surface area (Å²) in [5, 5.41) is 0. The molecule has 3 nitrogen and oxygen atoms in total. The molecule has 0 spiro atoms. The fraction of sp³-hybridized carbons (Fsp3) is 1.00. The molecule has 1 atom stereocenters. The summed E-state index contributed by atoms with van der Waals surface area (Å²) in [6, 6.07) is 0. The van der Waals surface area contributed by atoms with Crippen LogP contribution in [0.15, 0.2) is 0 Å². The normalized spacial score (nSPS) is 17.9. The quantitative estimate of drug-likeness (QED) is 0.718. The molecule has 0 bridgehead atoms. The molecule has 1 unspecified atom stereocenters. The second-order valence-corrected chi connectivity index (χ2v) is 4.18. The van der Waals surface area contributed by atoms with Crippen molar-refractivity contribution in [3.63, 3.8) is 0 Å². The van der Waals surface area contributed by atoms with Crippen LogP contribution in [0.4, 0.5) is 13.0 Å². The third kappa shape index (κ3) is 4.74. The highest BCUT2D eigenvalue weighted by atomic mass is 31.2. The van der Waals surface area contributed by atoms with Gasteiger partial charge in [0.25, 0.3) is 0 Å². The van der Waals surface area contributed by atoms with Gasteiger partial charge in [-0.1, -0.05) is 13.8 Å².